The Kier molecular flexibility index (Phi) is 3.74. The second-order valence-corrected chi connectivity index (χ2v) is 5.98. The van der Waals surface area contributed by atoms with Crippen LogP contribution in [0.5, 0.6) is 0 Å². The second-order valence-electron chi connectivity index (χ2n) is 4.78. The first-order chi connectivity index (χ1) is 7.66. The molecule has 1 fully saturated rings. The summed E-state index contributed by atoms with van der Waals surface area (Å²) in [6, 6.07) is 0. The zero-order valence-corrected chi connectivity index (χ0v) is 10.9. The van der Waals surface area contributed by atoms with Crippen molar-refractivity contribution in [2.24, 2.45) is 5.92 Å². The summed E-state index contributed by atoms with van der Waals surface area (Å²) in [6.07, 6.45) is 7.17. The average Bonchev–Trinajstić information content (AvgIpc) is 2.59. The second kappa shape index (κ2) is 5.09. The van der Waals surface area contributed by atoms with Gasteiger partial charge in [-0.1, -0.05) is 32.1 Å². The van der Waals surface area contributed by atoms with E-state index in [1.165, 1.54) is 32.1 Å². The lowest BCUT2D eigenvalue weighted by Crippen LogP contribution is -2.12. The molecule has 0 aromatic carbocycles. The highest BCUT2D eigenvalue weighted by Gasteiger charge is 2.20. The molecule has 0 unspecified atom stereocenters. The van der Waals surface area contributed by atoms with Crippen LogP contribution < -0.4 is 0 Å². The fraction of sp³-hybridized carbons (Fsp3) is 0.692. The van der Waals surface area contributed by atoms with E-state index in [0.29, 0.717) is 11.7 Å². The maximum atomic E-state index is 12.1. The first-order valence-corrected chi connectivity index (χ1v) is 6.95. The van der Waals surface area contributed by atoms with Crippen molar-refractivity contribution in [3.05, 3.63) is 15.6 Å². The molecular formula is C13H19NOS. The molecule has 16 heavy (non-hydrogen) atoms. The van der Waals surface area contributed by atoms with E-state index in [1.54, 1.807) is 11.3 Å². The third kappa shape index (κ3) is 2.70. The SMILES string of the molecule is Cc1nc(C)c(C(=O)CC2CCCCC2)s1. The van der Waals surface area contributed by atoms with Gasteiger partial charge < -0.3 is 0 Å². The number of carbonyl (C=O) groups excluding carboxylic acids is 1. The summed E-state index contributed by atoms with van der Waals surface area (Å²) in [5.74, 6) is 0.943. The van der Waals surface area contributed by atoms with E-state index >= 15 is 0 Å². The molecule has 0 atom stereocenters. The van der Waals surface area contributed by atoms with Gasteiger partial charge in [0.1, 0.15) is 0 Å². The summed E-state index contributed by atoms with van der Waals surface area (Å²) in [5, 5.41) is 1.00. The lowest BCUT2D eigenvalue weighted by Gasteiger charge is -2.20. The van der Waals surface area contributed by atoms with Crippen LogP contribution in [0.2, 0.25) is 0 Å². The third-order valence-corrected chi connectivity index (χ3v) is 4.47. The summed E-state index contributed by atoms with van der Waals surface area (Å²) in [4.78, 5) is 17.3. The van der Waals surface area contributed by atoms with E-state index in [1.807, 2.05) is 13.8 Å². The van der Waals surface area contributed by atoms with Crippen molar-refractivity contribution < 1.29 is 4.79 Å². The van der Waals surface area contributed by atoms with Crippen molar-refractivity contribution >= 4 is 17.1 Å². The van der Waals surface area contributed by atoms with Gasteiger partial charge in [0, 0.05) is 6.42 Å². The maximum absolute atomic E-state index is 12.1. The van der Waals surface area contributed by atoms with Crippen LogP contribution in [0, 0.1) is 19.8 Å². The largest absolute Gasteiger partial charge is 0.293 e. The lowest BCUT2D eigenvalue weighted by molar-refractivity contribution is 0.0953. The van der Waals surface area contributed by atoms with Gasteiger partial charge in [0.25, 0.3) is 0 Å². The molecule has 0 spiro atoms. The molecule has 1 aliphatic rings. The van der Waals surface area contributed by atoms with Crippen LogP contribution in [-0.2, 0) is 0 Å². The van der Waals surface area contributed by atoms with E-state index in [9.17, 15) is 4.79 Å². The van der Waals surface area contributed by atoms with Crippen molar-refractivity contribution in [3.63, 3.8) is 0 Å². The van der Waals surface area contributed by atoms with Crippen molar-refractivity contribution in [1.29, 1.82) is 0 Å². The van der Waals surface area contributed by atoms with Gasteiger partial charge in [0.15, 0.2) is 5.78 Å². The van der Waals surface area contributed by atoms with Crippen molar-refractivity contribution in [2.45, 2.75) is 52.4 Å². The molecule has 1 aromatic rings. The summed E-state index contributed by atoms with van der Waals surface area (Å²) in [6.45, 7) is 3.91. The molecule has 1 saturated carbocycles. The van der Waals surface area contributed by atoms with Crippen LogP contribution in [0.3, 0.4) is 0 Å². The van der Waals surface area contributed by atoms with E-state index in [0.717, 1.165) is 22.0 Å². The van der Waals surface area contributed by atoms with Crippen molar-refractivity contribution in [3.8, 4) is 0 Å². The standard InChI is InChI=1S/C13H19NOS/c1-9-13(16-10(2)14-9)12(15)8-11-6-4-3-5-7-11/h11H,3-8H2,1-2H3. The number of aryl methyl sites for hydroxylation is 2. The molecule has 0 aliphatic heterocycles. The molecular weight excluding hydrogens is 218 g/mol. The molecule has 2 nitrogen and oxygen atoms in total. The summed E-state index contributed by atoms with van der Waals surface area (Å²) < 4.78 is 0. The van der Waals surface area contributed by atoms with Crippen molar-refractivity contribution in [1.82, 2.24) is 4.98 Å². The number of ketones is 1. The van der Waals surface area contributed by atoms with Gasteiger partial charge in [-0.2, -0.15) is 0 Å². The fourth-order valence-corrected chi connectivity index (χ4v) is 3.40. The molecule has 0 N–H and O–H groups in total. The summed E-state index contributed by atoms with van der Waals surface area (Å²) >= 11 is 1.55. The number of hydrogen-bond acceptors (Lipinski definition) is 3. The molecule has 2 rings (SSSR count). The Morgan fingerprint density at radius 3 is 2.56 bits per heavy atom. The first kappa shape index (κ1) is 11.8. The quantitative estimate of drug-likeness (QED) is 0.746. The molecule has 1 aromatic heterocycles. The van der Waals surface area contributed by atoms with Crippen LogP contribution in [-0.4, -0.2) is 10.8 Å². The van der Waals surface area contributed by atoms with E-state index in [4.69, 9.17) is 0 Å². The predicted octanol–water partition coefficient (Wildman–Crippen LogP) is 3.91. The van der Waals surface area contributed by atoms with Crippen molar-refractivity contribution in [2.75, 3.05) is 0 Å². The number of thiazole rings is 1. The number of rotatable bonds is 3. The highest BCUT2D eigenvalue weighted by atomic mass is 32.1. The minimum absolute atomic E-state index is 0.315. The van der Waals surface area contributed by atoms with Gasteiger partial charge in [0.05, 0.1) is 15.6 Å². The van der Waals surface area contributed by atoms with E-state index in [-0.39, 0.29) is 0 Å². The third-order valence-electron chi connectivity index (χ3n) is 3.36. The number of nitrogens with zero attached hydrogens (tertiary/aromatic N) is 1. The Balaban J connectivity index is 1.99. The molecule has 0 bridgehead atoms. The average molecular weight is 237 g/mol. The molecule has 88 valence electrons. The van der Waals surface area contributed by atoms with Gasteiger partial charge in [-0.3, -0.25) is 4.79 Å². The molecule has 0 radical (unpaired) electrons. The zero-order chi connectivity index (χ0) is 11.5. The normalized spacial score (nSPS) is 17.6. The Bertz CT molecular complexity index is 377. The lowest BCUT2D eigenvalue weighted by atomic mass is 9.85. The van der Waals surface area contributed by atoms with Crippen LogP contribution in [0.15, 0.2) is 0 Å². The van der Waals surface area contributed by atoms with Gasteiger partial charge in [0.2, 0.25) is 0 Å². The van der Waals surface area contributed by atoms with Crippen LogP contribution in [0.4, 0.5) is 0 Å². The maximum Gasteiger partial charge on any atom is 0.174 e. The summed E-state index contributed by atoms with van der Waals surface area (Å²) in [5.41, 5.74) is 0.920. The minimum Gasteiger partial charge on any atom is -0.293 e. The topological polar surface area (TPSA) is 30.0 Å². The fourth-order valence-electron chi connectivity index (χ4n) is 2.54. The predicted molar refractivity (Wildman–Crippen MR) is 67.1 cm³/mol. The number of aromatic nitrogens is 1. The van der Waals surface area contributed by atoms with Gasteiger partial charge in [-0.25, -0.2) is 4.98 Å². The van der Waals surface area contributed by atoms with E-state index in [2.05, 4.69) is 4.98 Å². The highest BCUT2D eigenvalue weighted by molar-refractivity contribution is 7.13. The van der Waals surface area contributed by atoms with Gasteiger partial charge >= 0.3 is 0 Å². The number of carbonyl (C=O) groups is 1. The Morgan fingerprint density at radius 1 is 1.31 bits per heavy atom. The Morgan fingerprint density at radius 2 is 2.00 bits per heavy atom. The molecule has 1 aliphatic carbocycles. The Hall–Kier alpha value is -0.700. The minimum atomic E-state index is 0.315. The summed E-state index contributed by atoms with van der Waals surface area (Å²) in [7, 11) is 0. The number of Topliss-reactive ketones (excluding diaryl/α,β-unsaturated/α-hetero) is 1. The first-order valence-electron chi connectivity index (χ1n) is 6.14. The molecule has 1 heterocycles. The molecule has 0 saturated heterocycles. The van der Waals surface area contributed by atoms with Gasteiger partial charge in [-0.05, 0) is 19.8 Å². The number of hydrogen-bond donors (Lipinski definition) is 0. The Labute approximate surface area is 101 Å². The van der Waals surface area contributed by atoms with Crippen LogP contribution >= 0.6 is 11.3 Å². The van der Waals surface area contributed by atoms with E-state index < -0.39 is 0 Å². The molecule has 0 amide bonds. The highest BCUT2D eigenvalue weighted by Crippen LogP contribution is 2.29. The van der Waals surface area contributed by atoms with Crippen LogP contribution in [0.1, 0.15) is 58.9 Å². The molecule has 3 heteroatoms. The monoisotopic (exact) mass is 237 g/mol. The van der Waals surface area contributed by atoms with Gasteiger partial charge in [-0.15, -0.1) is 11.3 Å². The smallest absolute Gasteiger partial charge is 0.174 e. The zero-order valence-electron chi connectivity index (χ0n) is 10.1. The van der Waals surface area contributed by atoms with Crippen LogP contribution in [0.25, 0.3) is 0 Å².